The van der Waals surface area contributed by atoms with Crippen molar-refractivity contribution < 1.29 is 9.59 Å². The maximum Gasteiger partial charge on any atom is 0.249 e. The highest BCUT2D eigenvalue weighted by molar-refractivity contribution is 5.97. The summed E-state index contributed by atoms with van der Waals surface area (Å²) < 4.78 is 0. The second kappa shape index (κ2) is 10.8. The van der Waals surface area contributed by atoms with Crippen molar-refractivity contribution in [2.24, 2.45) is 5.73 Å². The van der Waals surface area contributed by atoms with Crippen LogP contribution in [0.15, 0.2) is 54.6 Å². The Morgan fingerprint density at radius 3 is 2.44 bits per heavy atom. The molecule has 5 heteroatoms. The van der Waals surface area contributed by atoms with Gasteiger partial charge in [0.15, 0.2) is 0 Å². The van der Waals surface area contributed by atoms with Crippen molar-refractivity contribution >= 4 is 11.8 Å². The maximum absolute atomic E-state index is 13.4. The van der Waals surface area contributed by atoms with E-state index in [9.17, 15) is 9.59 Å². The van der Waals surface area contributed by atoms with Gasteiger partial charge in [0.1, 0.15) is 0 Å². The predicted molar refractivity (Wildman–Crippen MR) is 128 cm³/mol. The number of carbonyl (C=O) groups excluding carboxylic acids is 2. The number of rotatable bonds is 10. The Kier molecular flexibility index (Phi) is 7.59. The van der Waals surface area contributed by atoms with Crippen LogP contribution in [0.3, 0.4) is 0 Å². The fraction of sp³-hybridized carbons (Fsp3) is 0.481. The molecular weight excluding hydrogens is 398 g/mol. The van der Waals surface area contributed by atoms with E-state index in [4.69, 9.17) is 5.73 Å². The van der Waals surface area contributed by atoms with E-state index in [1.54, 1.807) is 6.07 Å². The van der Waals surface area contributed by atoms with Gasteiger partial charge in [0.2, 0.25) is 11.8 Å². The zero-order valence-electron chi connectivity index (χ0n) is 18.8. The highest BCUT2D eigenvalue weighted by Crippen LogP contribution is 2.40. The topological polar surface area (TPSA) is 75.4 Å². The molecule has 0 bridgehead atoms. The van der Waals surface area contributed by atoms with Gasteiger partial charge in [0, 0.05) is 30.6 Å². The average Bonchev–Trinajstić information content (AvgIpc) is 3.62. The number of hydrogen-bond donors (Lipinski definition) is 2. The van der Waals surface area contributed by atoms with Crippen LogP contribution in [-0.4, -0.2) is 42.4 Å². The highest BCUT2D eigenvalue weighted by atomic mass is 16.2. The van der Waals surface area contributed by atoms with E-state index in [2.05, 4.69) is 35.6 Å². The number of nitrogens with zero attached hydrogens (tertiary/aromatic N) is 1. The lowest BCUT2D eigenvalue weighted by Crippen LogP contribution is -2.39. The molecule has 2 aromatic carbocycles. The van der Waals surface area contributed by atoms with Crippen molar-refractivity contribution in [3.63, 3.8) is 0 Å². The third kappa shape index (κ3) is 5.57. The summed E-state index contributed by atoms with van der Waals surface area (Å²) in [6, 6.07) is 18.6. The first kappa shape index (κ1) is 22.5. The summed E-state index contributed by atoms with van der Waals surface area (Å²) in [6.07, 6.45) is 7.20. The van der Waals surface area contributed by atoms with E-state index >= 15 is 0 Å². The Labute approximate surface area is 191 Å². The summed E-state index contributed by atoms with van der Waals surface area (Å²) in [4.78, 5) is 27.4. The van der Waals surface area contributed by atoms with Gasteiger partial charge in [-0.25, -0.2) is 0 Å². The van der Waals surface area contributed by atoms with Gasteiger partial charge in [-0.05, 0) is 62.3 Å². The summed E-state index contributed by atoms with van der Waals surface area (Å²) in [5.74, 6) is 0.0268. The number of piperidine rings is 1. The van der Waals surface area contributed by atoms with Gasteiger partial charge >= 0.3 is 0 Å². The van der Waals surface area contributed by atoms with Gasteiger partial charge in [-0.2, -0.15) is 0 Å². The van der Waals surface area contributed by atoms with E-state index < -0.39 is 5.91 Å². The van der Waals surface area contributed by atoms with Crippen molar-refractivity contribution in [2.75, 3.05) is 19.6 Å². The minimum atomic E-state index is -0.459. The Morgan fingerprint density at radius 2 is 1.69 bits per heavy atom. The molecule has 0 unspecified atom stereocenters. The minimum Gasteiger partial charge on any atom is -0.366 e. The molecule has 170 valence electrons. The lowest BCUT2D eigenvalue weighted by atomic mass is 9.88. The molecule has 0 aromatic heterocycles. The van der Waals surface area contributed by atoms with E-state index in [1.807, 2.05) is 23.1 Å². The number of hydrogen-bond acceptors (Lipinski definition) is 3. The molecule has 5 nitrogen and oxygen atoms in total. The third-order valence-electron chi connectivity index (χ3n) is 6.91. The minimum absolute atomic E-state index is 0.151. The van der Waals surface area contributed by atoms with Crippen LogP contribution >= 0.6 is 0 Å². The number of unbranched alkanes of at least 4 members (excludes halogenated alkanes) is 1. The third-order valence-corrected chi connectivity index (χ3v) is 6.91. The molecule has 1 heterocycles. The van der Waals surface area contributed by atoms with E-state index in [0.29, 0.717) is 17.5 Å². The molecule has 3 N–H and O–H groups in total. The van der Waals surface area contributed by atoms with Gasteiger partial charge in [0.25, 0.3) is 0 Å². The normalized spacial score (nSPS) is 21.2. The van der Waals surface area contributed by atoms with Crippen LogP contribution in [0, 0.1) is 0 Å². The largest absolute Gasteiger partial charge is 0.366 e. The summed E-state index contributed by atoms with van der Waals surface area (Å²) in [5, 5.41) is 3.67. The second-order valence-corrected chi connectivity index (χ2v) is 9.20. The molecule has 0 spiro atoms. The van der Waals surface area contributed by atoms with Crippen LogP contribution in [0.5, 0.6) is 0 Å². The first-order valence-electron chi connectivity index (χ1n) is 12.1. The maximum atomic E-state index is 13.4. The van der Waals surface area contributed by atoms with Crippen LogP contribution in [0.2, 0.25) is 0 Å². The average molecular weight is 434 g/mol. The van der Waals surface area contributed by atoms with Crippen molar-refractivity contribution in [2.45, 2.75) is 62.8 Å². The Bertz CT molecular complexity index is 908. The number of carbonyl (C=O) groups is 2. The van der Waals surface area contributed by atoms with Gasteiger partial charge in [-0.3, -0.25) is 9.59 Å². The van der Waals surface area contributed by atoms with Gasteiger partial charge < -0.3 is 16.0 Å². The lowest BCUT2D eigenvalue weighted by molar-refractivity contribution is -0.133. The van der Waals surface area contributed by atoms with Gasteiger partial charge in [0.05, 0.1) is 5.92 Å². The molecule has 1 aliphatic carbocycles. The van der Waals surface area contributed by atoms with Crippen LogP contribution in [0.25, 0.3) is 0 Å². The standard InChI is InChI=1S/C27H35N3O2/c28-26(31)22-14-6-5-13-21(22)23(27(32)30-17-9-2-10-18-30)15-7-8-16-29-25-19-24(25)20-11-3-1-4-12-20/h1,3-6,11-14,23-25,29H,2,7-10,15-19H2,(H2,28,31)/t23-,24-,25+/m0/s1. The molecule has 0 radical (unpaired) electrons. The molecule has 2 fully saturated rings. The monoisotopic (exact) mass is 433 g/mol. The van der Waals surface area contributed by atoms with Crippen LogP contribution < -0.4 is 11.1 Å². The quantitative estimate of drug-likeness (QED) is 0.552. The lowest BCUT2D eigenvalue weighted by Gasteiger charge is -2.31. The van der Waals surface area contributed by atoms with Crippen LogP contribution in [-0.2, 0) is 4.79 Å². The summed E-state index contributed by atoms with van der Waals surface area (Å²) in [5.41, 5.74) is 8.32. The van der Waals surface area contributed by atoms with E-state index in [0.717, 1.165) is 57.3 Å². The first-order valence-corrected chi connectivity index (χ1v) is 12.1. The molecular formula is C27H35N3O2. The zero-order chi connectivity index (χ0) is 22.3. The van der Waals surface area contributed by atoms with Crippen molar-refractivity contribution in [1.82, 2.24) is 10.2 Å². The highest BCUT2D eigenvalue weighted by Gasteiger charge is 2.37. The Morgan fingerprint density at radius 1 is 0.969 bits per heavy atom. The molecule has 2 aromatic rings. The number of likely N-dealkylation sites (tertiary alicyclic amines) is 1. The molecule has 3 atom stereocenters. The number of nitrogens with two attached hydrogens (primary N) is 1. The van der Waals surface area contributed by atoms with Crippen molar-refractivity contribution in [3.05, 3.63) is 71.3 Å². The van der Waals surface area contributed by atoms with Gasteiger partial charge in [-0.15, -0.1) is 0 Å². The van der Waals surface area contributed by atoms with Crippen molar-refractivity contribution in [1.29, 1.82) is 0 Å². The van der Waals surface area contributed by atoms with Crippen LogP contribution in [0.1, 0.15) is 78.3 Å². The molecule has 4 rings (SSSR count). The summed E-state index contributed by atoms with van der Waals surface area (Å²) in [7, 11) is 0. The zero-order valence-corrected chi connectivity index (χ0v) is 18.8. The molecule has 1 saturated carbocycles. The van der Waals surface area contributed by atoms with E-state index in [1.165, 1.54) is 18.4 Å². The summed E-state index contributed by atoms with van der Waals surface area (Å²) in [6.45, 7) is 2.59. The van der Waals surface area contributed by atoms with Gasteiger partial charge in [-0.1, -0.05) is 55.0 Å². The van der Waals surface area contributed by atoms with Crippen LogP contribution in [0.4, 0.5) is 0 Å². The SMILES string of the molecule is NC(=O)c1ccccc1[C@H](CCCCN[C@@H]1C[C@H]1c1ccccc1)C(=O)N1CCCCC1. The first-order chi connectivity index (χ1) is 15.6. The van der Waals surface area contributed by atoms with Crippen molar-refractivity contribution in [3.8, 4) is 0 Å². The fourth-order valence-electron chi connectivity index (χ4n) is 5.02. The molecule has 1 aliphatic heterocycles. The number of nitrogens with one attached hydrogen (secondary N) is 1. The smallest absolute Gasteiger partial charge is 0.249 e. The molecule has 32 heavy (non-hydrogen) atoms. The summed E-state index contributed by atoms with van der Waals surface area (Å²) >= 11 is 0. The predicted octanol–water partition coefficient (Wildman–Crippen LogP) is 4.20. The van der Waals surface area contributed by atoms with E-state index in [-0.39, 0.29) is 11.8 Å². The number of benzene rings is 2. The Balaban J connectivity index is 1.33. The fourth-order valence-corrected chi connectivity index (χ4v) is 5.02. The number of primary amides is 1. The molecule has 2 amide bonds. The molecule has 1 saturated heterocycles. The Hall–Kier alpha value is -2.66. The molecule has 2 aliphatic rings. The number of amides is 2. The second-order valence-electron chi connectivity index (χ2n) is 9.20.